The van der Waals surface area contributed by atoms with Crippen LogP contribution in [0.15, 0.2) is 18.3 Å². The van der Waals surface area contributed by atoms with E-state index in [4.69, 9.17) is 5.11 Å². The van der Waals surface area contributed by atoms with Crippen LogP contribution in [0.3, 0.4) is 0 Å². The number of nitrogens with zero attached hydrogens (tertiary/aromatic N) is 1. The Kier molecular flexibility index (Phi) is 4.67. The van der Waals surface area contributed by atoms with Crippen LogP contribution < -0.4 is 10.1 Å². The second-order valence-electron chi connectivity index (χ2n) is 3.37. The predicted octanol–water partition coefficient (Wildman–Crippen LogP) is 0.837. The van der Waals surface area contributed by atoms with Gasteiger partial charge < -0.3 is 15.2 Å². The highest BCUT2D eigenvalue weighted by molar-refractivity contribution is 5.95. The molecule has 0 aliphatic carbocycles. The first kappa shape index (κ1) is 14.7. The third-order valence-corrected chi connectivity index (χ3v) is 1.78. The molecule has 0 fully saturated rings. The van der Waals surface area contributed by atoms with E-state index in [1.165, 1.54) is 6.07 Å². The van der Waals surface area contributed by atoms with Crippen molar-refractivity contribution in [2.24, 2.45) is 0 Å². The molecule has 1 heterocycles. The predicted molar refractivity (Wildman–Crippen MR) is 55.8 cm³/mol. The first-order valence-corrected chi connectivity index (χ1v) is 4.93. The molecule has 0 aliphatic rings. The smallest absolute Gasteiger partial charge is 0.422 e. The number of halogens is 3. The summed E-state index contributed by atoms with van der Waals surface area (Å²) in [6.45, 7) is -2.05. The van der Waals surface area contributed by atoms with Gasteiger partial charge in [-0.05, 0) is 6.07 Å². The number of carbonyl (C=O) groups excluding carboxylic acids is 1. The van der Waals surface area contributed by atoms with Crippen molar-refractivity contribution in [2.45, 2.75) is 6.18 Å². The average Bonchev–Trinajstić information content (AvgIpc) is 2.33. The molecule has 9 heteroatoms. The quantitative estimate of drug-likeness (QED) is 0.833. The van der Waals surface area contributed by atoms with Crippen molar-refractivity contribution in [3.8, 4) is 5.88 Å². The molecule has 0 aromatic carbocycles. The highest BCUT2D eigenvalue weighted by atomic mass is 19.4. The number of hydrogen-bond acceptors (Lipinski definition) is 4. The van der Waals surface area contributed by atoms with E-state index in [9.17, 15) is 22.8 Å². The Morgan fingerprint density at radius 1 is 1.37 bits per heavy atom. The van der Waals surface area contributed by atoms with Gasteiger partial charge in [-0.25, -0.2) is 4.98 Å². The lowest BCUT2D eigenvalue weighted by Gasteiger charge is -2.08. The zero-order valence-corrected chi connectivity index (χ0v) is 9.40. The number of carboxylic acids is 1. The minimum atomic E-state index is -4.47. The summed E-state index contributed by atoms with van der Waals surface area (Å²) in [6, 6.07) is 2.26. The van der Waals surface area contributed by atoms with Crippen LogP contribution >= 0.6 is 0 Å². The Labute approximate surface area is 105 Å². The lowest BCUT2D eigenvalue weighted by molar-refractivity contribution is -0.154. The first-order chi connectivity index (χ1) is 8.78. The molecular weight excluding hydrogens is 269 g/mol. The Morgan fingerprint density at radius 2 is 2.05 bits per heavy atom. The molecule has 6 nitrogen and oxygen atoms in total. The average molecular weight is 278 g/mol. The highest BCUT2D eigenvalue weighted by Gasteiger charge is 2.28. The molecule has 104 valence electrons. The van der Waals surface area contributed by atoms with Gasteiger partial charge in [-0.3, -0.25) is 9.59 Å². The van der Waals surface area contributed by atoms with E-state index in [1.54, 1.807) is 0 Å². The zero-order valence-electron chi connectivity index (χ0n) is 9.40. The molecular formula is C10H9F3N2O4. The van der Waals surface area contributed by atoms with E-state index >= 15 is 0 Å². The van der Waals surface area contributed by atoms with Crippen LogP contribution in [0.25, 0.3) is 0 Å². The summed E-state index contributed by atoms with van der Waals surface area (Å²) in [4.78, 5) is 25.1. The number of hydrogen-bond donors (Lipinski definition) is 2. The second kappa shape index (κ2) is 6.03. The van der Waals surface area contributed by atoms with E-state index < -0.39 is 31.2 Å². The van der Waals surface area contributed by atoms with Crippen molar-refractivity contribution in [3.63, 3.8) is 0 Å². The highest BCUT2D eigenvalue weighted by Crippen LogP contribution is 2.16. The summed E-state index contributed by atoms with van der Waals surface area (Å²) in [5, 5.41) is 10.4. The first-order valence-electron chi connectivity index (χ1n) is 4.93. The fraction of sp³-hybridized carbons (Fsp3) is 0.300. The molecule has 1 aromatic rings. The summed E-state index contributed by atoms with van der Waals surface area (Å²) in [6.07, 6.45) is -3.48. The standard InChI is InChI=1S/C10H9F3N2O4/c11-10(12,13)5-19-7-2-1-6(3-14-7)9(18)15-4-8(16)17/h1-3H,4-5H2,(H,15,18)(H,16,17). The third kappa shape index (κ3) is 5.70. The largest absolute Gasteiger partial charge is 0.480 e. The van der Waals surface area contributed by atoms with Gasteiger partial charge in [-0.2, -0.15) is 13.2 Å². The van der Waals surface area contributed by atoms with Gasteiger partial charge in [0.25, 0.3) is 5.91 Å². The fourth-order valence-corrected chi connectivity index (χ4v) is 1.01. The number of carboxylic acid groups (broad SMARTS) is 1. The SMILES string of the molecule is O=C(O)CNC(=O)c1ccc(OCC(F)(F)F)nc1. The lowest BCUT2D eigenvalue weighted by Crippen LogP contribution is -2.29. The third-order valence-electron chi connectivity index (χ3n) is 1.78. The Bertz CT molecular complexity index is 459. The molecule has 0 bridgehead atoms. The molecule has 0 saturated heterocycles. The van der Waals surface area contributed by atoms with Gasteiger partial charge in [-0.1, -0.05) is 0 Å². The maximum atomic E-state index is 11.9. The Hall–Kier alpha value is -2.32. The van der Waals surface area contributed by atoms with Gasteiger partial charge in [0.1, 0.15) is 6.54 Å². The number of amides is 1. The van der Waals surface area contributed by atoms with Crippen LogP contribution in [0.5, 0.6) is 5.88 Å². The minimum Gasteiger partial charge on any atom is -0.480 e. The number of pyridine rings is 1. The van der Waals surface area contributed by atoms with Crippen LogP contribution in [0.2, 0.25) is 0 Å². The number of nitrogens with one attached hydrogen (secondary N) is 1. The van der Waals surface area contributed by atoms with E-state index in [2.05, 4.69) is 15.0 Å². The molecule has 0 radical (unpaired) electrons. The maximum Gasteiger partial charge on any atom is 0.422 e. The van der Waals surface area contributed by atoms with Gasteiger partial charge in [-0.15, -0.1) is 0 Å². The summed E-state index contributed by atoms with van der Waals surface area (Å²) in [5.74, 6) is -2.20. The van der Waals surface area contributed by atoms with Crippen molar-refractivity contribution < 1.29 is 32.6 Å². The number of aromatic nitrogens is 1. The molecule has 1 rings (SSSR count). The van der Waals surface area contributed by atoms with Gasteiger partial charge in [0, 0.05) is 12.3 Å². The van der Waals surface area contributed by atoms with Crippen LogP contribution in [-0.4, -0.2) is 41.3 Å². The van der Waals surface area contributed by atoms with Crippen LogP contribution in [0.4, 0.5) is 13.2 Å². The zero-order chi connectivity index (χ0) is 14.5. The number of aliphatic carboxylic acids is 1. The molecule has 2 N–H and O–H groups in total. The monoisotopic (exact) mass is 278 g/mol. The van der Waals surface area contributed by atoms with Gasteiger partial charge in [0.05, 0.1) is 5.56 Å². The van der Waals surface area contributed by atoms with E-state index in [0.29, 0.717) is 0 Å². The van der Waals surface area contributed by atoms with Gasteiger partial charge >= 0.3 is 12.1 Å². The molecule has 19 heavy (non-hydrogen) atoms. The fourth-order valence-electron chi connectivity index (χ4n) is 1.01. The normalized spacial score (nSPS) is 10.9. The second-order valence-corrected chi connectivity index (χ2v) is 3.37. The van der Waals surface area contributed by atoms with Crippen molar-refractivity contribution in [1.29, 1.82) is 0 Å². The summed E-state index contributed by atoms with van der Waals surface area (Å²) < 4.78 is 39.9. The maximum absolute atomic E-state index is 11.9. The lowest BCUT2D eigenvalue weighted by atomic mass is 10.2. The summed E-state index contributed by atoms with van der Waals surface area (Å²) in [5.41, 5.74) is 0.0145. The van der Waals surface area contributed by atoms with E-state index in [0.717, 1.165) is 12.3 Å². The van der Waals surface area contributed by atoms with Gasteiger partial charge in [0.2, 0.25) is 5.88 Å². The van der Waals surface area contributed by atoms with Crippen molar-refractivity contribution in [3.05, 3.63) is 23.9 Å². The van der Waals surface area contributed by atoms with E-state index in [-0.39, 0.29) is 11.4 Å². The number of alkyl halides is 3. The van der Waals surface area contributed by atoms with Crippen molar-refractivity contribution >= 4 is 11.9 Å². The molecule has 0 unspecified atom stereocenters. The number of ether oxygens (including phenoxy) is 1. The molecule has 0 atom stereocenters. The number of carbonyl (C=O) groups is 2. The summed E-state index contributed by atoms with van der Waals surface area (Å²) >= 11 is 0. The number of rotatable bonds is 5. The van der Waals surface area contributed by atoms with Crippen molar-refractivity contribution in [2.75, 3.05) is 13.2 Å². The molecule has 1 aromatic heterocycles. The van der Waals surface area contributed by atoms with Gasteiger partial charge in [0.15, 0.2) is 6.61 Å². The van der Waals surface area contributed by atoms with Crippen LogP contribution in [0.1, 0.15) is 10.4 Å². The van der Waals surface area contributed by atoms with Crippen molar-refractivity contribution in [1.82, 2.24) is 10.3 Å². The molecule has 0 spiro atoms. The Morgan fingerprint density at radius 3 is 2.53 bits per heavy atom. The Balaban J connectivity index is 2.56. The summed E-state index contributed by atoms with van der Waals surface area (Å²) in [7, 11) is 0. The molecule has 0 aliphatic heterocycles. The molecule has 1 amide bonds. The topological polar surface area (TPSA) is 88.5 Å². The van der Waals surface area contributed by atoms with Crippen LogP contribution in [0, 0.1) is 0 Å². The van der Waals surface area contributed by atoms with Crippen LogP contribution in [-0.2, 0) is 4.79 Å². The van der Waals surface area contributed by atoms with E-state index in [1.807, 2.05) is 0 Å². The molecule has 0 saturated carbocycles. The minimum absolute atomic E-state index is 0.0145.